The maximum Gasteiger partial charge on any atom is 0.313 e. The predicted molar refractivity (Wildman–Crippen MR) is 86.7 cm³/mol. The van der Waals surface area contributed by atoms with Crippen molar-refractivity contribution >= 4 is 33.4 Å². The van der Waals surface area contributed by atoms with Crippen LogP contribution in [0.2, 0.25) is 0 Å². The Kier molecular flexibility index (Phi) is 4.32. The van der Waals surface area contributed by atoms with E-state index in [0.717, 1.165) is 10.2 Å². The van der Waals surface area contributed by atoms with Gasteiger partial charge in [-0.15, -0.1) is 11.3 Å². The molecule has 0 bridgehead atoms. The van der Waals surface area contributed by atoms with Crippen molar-refractivity contribution in [3.63, 3.8) is 0 Å². The van der Waals surface area contributed by atoms with Gasteiger partial charge in [0.05, 0.1) is 22.4 Å². The molecule has 1 N–H and O–H groups in total. The Hall–Kier alpha value is -1.99. The number of hydrogen-bond acceptors (Lipinski definition) is 5. The second kappa shape index (κ2) is 6.25. The zero-order chi connectivity index (χ0) is 16.4. The molecule has 1 amide bonds. The minimum Gasteiger partial charge on any atom is -0.481 e. The quantitative estimate of drug-likeness (QED) is 0.927. The van der Waals surface area contributed by atoms with E-state index in [-0.39, 0.29) is 19.1 Å². The predicted octanol–water partition coefficient (Wildman–Crippen LogP) is 2.25. The number of nitrogens with zero attached hydrogens (tertiary/aromatic N) is 2. The minimum absolute atomic E-state index is 0.105. The van der Waals surface area contributed by atoms with Gasteiger partial charge in [-0.3, -0.25) is 14.6 Å². The number of rotatable bonds is 4. The molecule has 0 spiro atoms. The van der Waals surface area contributed by atoms with Crippen LogP contribution in [0.4, 0.5) is 0 Å². The molecule has 1 aliphatic rings. The van der Waals surface area contributed by atoms with Gasteiger partial charge in [0, 0.05) is 26.4 Å². The number of methoxy groups -OCH3 is 1. The van der Waals surface area contributed by atoms with Crippen LogP contribution in [-0.2, 0) is 9.53 Å². The molecule has 6 nitrogen and oxygen atoms in total. The van der Waals surface area contributed by atoms with Crippen LogP contribution in [0.3, 0.4) is 0 Å². The average Bonchev–Trinajstić information content (AvgIpc) is 3.02. The molecule has 23 heavy (non-hydrogen) atoms. The van der Waals surface area contributed by atoms with Gasteiger partial charge in [-0.1, -0.05) is 0 Å². The third-order valence-corrected chi connectivity index (χ3v) is 5.14. The summed E-state index contributed by atoms with van der Waals surface area (Å²) in [6.07, 6.45) is 2.73. The third-order valence-electron chi connectivity index (χ3n) is 4.29. The molecule has 0 aliphatic carbocycles. The maximum absolute atomic E-state index is 12.7. The van der Waals surface area contributed by atoms with Gasteiger partial charge in [-0.05, 0) is 30.4 Å². The van der Waals surface area contributed by atoms with Gasteiger partial charge in [0.2, 0.25) is 0 Å². The summed E-state index contributed by atoms with van der Waals surface area (Å²) in [7, 11) is 1.49. The first-order valence-corrected chi connectivity index (χ1v) is 8.28. The first-order valence-electron chi connectivity index (χ1n) is 7.41. The molecule has 3 rings (SSSR count). The summed E-state index contributed by atoms with van der Waals surface area (Å²) in [5, 5.41) is 11.5. The fraction of sp³-hybridized carbons (Fsp3) is 0.438. The van der Waals surface area contributed by atoms with Gasteiger partial charge in [-0.2, -0.15) is 0 Å². The molecule has 2 aromatic rings. The second-order valence-electron chi connectivity index (χ2n) is 5.88. The molecule has 122 valence electrons. The Morgan fingerprint density at radius 2 is 2.35 bits per heavy atom. The average molecular weight is 334 g/mol. The van der Waals surface area contributed by atoms with Gasteiger partial charge >= 0.3 is 5.97 Å². The number of aromatic nitrogens is 1. The van der Waals surface area contributed by atoms with E-state index in [1.54, 1.807) is 11.1 Å². The Morgan fingerprint density at radius 3 is 3.09 bits per heavy atom. The maximum atomic E-state index is 12.7. The zero-order valence-electron chi connectivity index (χ0n) is 12.8. The van der Waals surface area contributed by atoms with Crippen LogP contribution in [0.5, 0.6) is 0 Å². The first-order chi connectivity index (χ1) is 11.1. The van der Waals surface area contributed by atoms with E-state index in [2.05, 4.69) is 4.98 Å². The number of hydrogen-bond donors (Lipinski definition) is 1. The molecule has 1 saturated heterocycles. The van der Waals surface area contributed by atoms with E-state index in [4.69, 9.17) is 4.74 Å². The van der Waals surface area contributed by atoms with E-state index in [0.29, 0.717) is 24.9 Å². The van der Waals surface area contributed by atoms with E-state index in [1.807, 2.05) is 17.5 Å². The highest BCUT2D eigenvalue weighted by Gasteiger charge is 2.44. The van der Waals surface area contributed by atoms with Crippen molar-refractivity contribution in [3.05, 3.63) is 29.3 Å². The molecule has 1 aliphatic heterocycles. The summed E-state index contributed by atoms with van der Waals surface area (Å²) in [5.74, 6) is -1.09. The summed E-state index contributed by atoms with van der Waals surface area (Å²) in [5.41, 5.74) is 0.339. The molecule has 1 unspecified atom stereocenters. The van der Waals surface area contributed by atoms with Crippen molar-refractivity contribution in [2.75, 3.05) is 26.8 Å². The molecule has 3 heterocycles. The fourth-order valence-corrected chi connectivity index (χ4v) is 3.86. The number of ether oxygens (including phenoxy) is 1. The first kappa shape index (κ1) is 15.9. The minimum atomic E-state index is -1.02. The molecule has 2 aromatic heterocycles. The van der Waals surface area contributed by atoms with Gasteiger partial charge in [0.15, 0.2) is 0 Å². The van der Waals surface area contributed by atoms with Crippen LogP contribution < -0.4 is 0 Å². The normalized spacial score (nSPS) is 21.5. The summed E-state index contributed by atoms with van der Waals surface area (Å²) < 4.78 is 6.05. The van der Waals surface area contributed by atoms with Crippen LogP contribution in [-0.4, -0.2) is 53.7 Å². The molecule has 0 aromatic carbocycles. The Balaban J connectivity index is 1.84. The number of carbonyl (C=O) groups excluding carboxylic acids is 1. The van der Waals surface area contributed by atoms with Gasteiger partial charge in [-0.25, -0.2) is 0 Å². The monoisotopic (exact) mass is 334 g/mol. The highest BCUT2D eigenvalue weighted by atomic mass is 32.1. The van der Waals surface area contributed by atoms with Gasteiger partial charge < -0.3 is 14.7 Å². The lowest BCUT2D eigenvalue weighted by Gasteiger charge is -2.39. The van der Waals surface area contributed by atoms with Crippen molar-refractivity contribution in [1.29, 1.82) is 0 Å². The van der Waals surface area contributed by atoms with E-state index >= 15 is 0 Å². The SMILES string of the molecule is COCC1(C(=O)O)CCCN(C(=O)c2cnc3ccsc3c2)C1. The van der Waals surface area contributed by atoms with E-state index < -0.39 is 11.4 Å². The highest BCUT2D eigenvalue weighted by molar-refractivity contribution is 7.17. The van der Waals surface area contributed by atoms with Gasteiger partial charge in [0.25, 0.3) is 5.91 Å². The fourth-order valence-electron chi connectivity index (χ4n) is 3.08. The largest absolute Gasteiger partial charge is 0.481 e. The van der Waals surface area contributed by atoms with Crippen molar-refractivity contribution < 1.29 is 19.4 Å². The number of carboxylic acid groups (broad SMARTS) is 1. The number of piperidine rings is 1. The van der Waals surface area contributed by atoms with Crippen molar-refractivity contribution in [2.45, 2.75) is 12.8 Å². The second-order valence-corrected chi connectivity index (χ2v) is 6.82. The molecular formula is C16H18N2O4S. The van der Waals surface area contributed by atoms with Crippen molar-refractivity contribution in [2.24, 2.45) is 5.41 Å². The Labute approximate surface area is 137 Å². The molecular weight excluding hydrogens is 316 g/mol. The number of likely N-dealkylation sites (tertiary alicyclic amines) is 1. The highest BCUT2D eigenvalue weighted by Crippen LogP contribution is 2.32. The van der Waals surface area contributed by atoms with Crippen LogP contribution in [0.15, 0.2) is 23.7 Å². The summed E-state index contributed by atoms with van der Waals surface area (Å²) in [6, 6.07) is 3.73. The lowest BCUT2D eigenvalue weighted by molar-refractivity contribution is -0.155. The topological polar surface area (TPSA) is 79.7 Å². The Bertz CT molecular complexity index is 741. The van der Waals surface area contributed by atoms with Crippen molar-refractivity contribution in [1.82, 2.24) is 9.88 Å². The van der Waals surface area contributed by atoms with E-state index in [9.17, 15) is 14.7 Å². The number of pyridine rings is 1. The van der Waals surface area contributed by atoms with Crippen LogP contribution in [0, 0.1) is 5.41 Å². The number of carbonyl (C=O) groups is 2. The Morgan fingerprint density at radius 1 is 1.52 bits per heavy atom. The number of aliphatic carboxylic acids is 1. The number of amides is 1. The molecule has 7 heteroatoms. The number of carboxylic acids is 1. The third kappa shape index (κ3) is 2.94. The molecule has 0 saturated carbocycles. The van der Waals surface area contributed by atoms with Crippen molar-refractivity contribution in [3.8, 4) is 0 Å². The van der Waals surface area contributed by atoms with E-state index in [1.165, 1.54) is 18.4 Å². The van der Waals surface area contributed by atoms with Crippen LogP contribution in [0.25, 0.3) is 10.2 Å². The van der Waals surface area contributed by atoms with Crippen LogP contribution in [0.1, 0.15) is 23.2 Å². The summed E-state index contributed by atoms with van der Waals surface area (Å²) >= 11 is 1.53. The number of fused-ring (bicyclic) bond motifs is 1. The summed E-state index contributed by atoms with van der Waals surface area (Å²) in [6.45, 7) is 0.825. The standard InChI is InChI=1S/C16H18N2O4S/c1-22-10-16(15(20)21)4-2-5-18(9-16)14(19)11-7-13-12(17-8-11)3-6-23-13/h3,6-8H,2,4-5,9-10H2,1H3,(H,20,21). The lowest BCUT2D eigenvalue weighted by Crippen LogP contribution is -2.52. The smallest absolute Gasteiger partial charge is 0.313 e. The molecule has 1 atom stereocenters. The molecule has 1 fully saturated rings. The van der Waals surface area contributed by atoms with Gasteiger partial charge in [0.1, 0.15) is 5.41 Å². The van der Waals surface area contributed by atoms with Crippen LogP contribution >= 0.6 is 11.3 Å². The zero-order valence-corrected chi connectivity index (χ0v) is 13.6. The molecule has 0 radical (unpaired) electrons. The summed E-state index contributed by atoms with van der Waals surface area (Å²) in [4.78, 5) is 30.3. The lowest BCUT2D eigenvalue weighted by atomic mass is 9.80. The number of thiophene rings is 1.